The van der Waals surface area contributed by atoms with Gasteiger partial charge in [0.2, 0.25) is 0 Å². The Balaban J connectivity index is 1.78. The molecule has 2 aromatic rings. The summed E-state index contributed by atoms with van der Waals surface area (Å²) >= 11 is 0. The summed E-state index contributed by atoms with van der Waals surface area (Å²) in [6, 6.07) is 0. The lowest BCUT2D eigenvalue weighted by molar-refractivity contribution is 0.0948. The number of rotatable bonds is 3. The van der Waals surface area contributed by atoms with Gasteiger partial charge in [0.25, 0.3) is 5.91 Å². The highest BCUT2D eigenvalue weighted by molar-refractivity contribution is 5.96. The van der Waals surface area contributed by atoms with Crippen LogP contribution in [-0.4, -0.2) is 25.5 Å². The molecule has 6 nitrogen and oxygen atoms in total. The number of hydrogen-bond donors (Lipinski definition) is 1. The number of nitrogens with zero attached hydrogens (tertiary/aromatic N) is 4. The third-order valence-corrected chi connectivity index (χ3v) is 4.35. The Morgan fingerprint density at radius 3 is 2.62 bits per heavy atom. The molecular formula is C15H21N5O. The molecule has 1 N–H and O–H groups in total. The number of hydrogen-bond acceptors (Lipinski definition) is 3. The second-order valence-corrected chi connectivity index (χ2v) is 5.70. The normalized spacial score (nSPS) is 13.5. The quantitative estimate of drug-likeness (QED) is 0.922. The monoisotopic (exact) mass is 287 g/mol. The summed E-state index contributed by atoms with van der Waals surface area (Å²) in [5, 5.41) is 11.8. The predicted octanol–water partition coefficient (Wildman–Crippen LogP) is 1.19. The van der Waals surface area contributed by atoms with Crippen LogP contribution in [0.2, 0.25) is 0 Å². The summed E-state index contributed by atoms with van der Waals surface area (Å²) in [6.45, 7) is 4.30. The SMILES string of the molecule is Cc1nn(C)c(C)c1C(=O)NCc1c2c(nn1C)CCC2. The van der Waals surface area contributed by atoms with E-state index in [-0.39, 0.29) is 5.91 Å². The smallest absolute Gasteiger partial charge is 0.255 e. The van der Waals surface area contributed by atoms with Crippen LogP contribution in [0, 0.1) is 13.8 Å². The van der Waals surface area contributed by atoms with E-state index >= 15 is 0 Å². The van der Waals surface area contributed by atoms with E-state index in [0.29, 0.717) is 12.1 Å². The number of carbonyl (C=O) groups excluding carboxylic acids is 1. The van der Waals surface area contributed by atoms with Gasteiger partial charge in [0, 0.05) is 19.8 Å². The fourth-order valence-electron chi connectivity index (χ4n) is 3.16. The maximum Gasteiger partial charge on any atom is 0.255 e. The summed E-state index contributed by atoms with van der Waals surface area (Å²) in [6.07, 6.45) is 3.29. The van der Waals surface area contributed by atoms with E-state index in [0.717, 1.165) is 29.9 Å². The molecule has 2 heterocycles. The molecule has 0 bridgehead atoms. The van der Waals surface area contributed by atoms with Gasteiger partial charge in [-0.25, -0.2) is 0 Å². The van der Waals surface area contributed by atoms with E-state index in [1.165, 1.54) is 17.7 Å². The Morgan fingerprint density at radius 1 is 1.19 bits per heavy atom. The molecule has 0 aliphatic heterocycles. The van der Waals surface area contributed by atoms with E-state index < -0.39 is 0 Å². The first-order valence-corrected chi connectivity index (χ1v) is 7.31. The van der Waals surface area contributed by atoms with Crippen molar-refractivity contribution in [2.24, 2.45) is 14.1 Å². The minimum atomic E-state index is -0.0638. The van der Waals surface area contributed by atoms with Crippen molar-refractivity contribution in [3.8, 4) is 0 Å². The van der Waals surface area contributed by atoms with Gasteiger partial charge in [-0.15, -0.1) is 0 Å². The molecule has 0 spiro atoms. The first kappa shape index (κ1) is 13.9. The van der Waals surface area contributed by atoms with Crippen LogP contribution in [0.5, 0.6) is 0 Å². The van der Waals surface area contributed by atoms with Crippen molar-refractivity contribution >= 4 is 5.91 Å². The van der Waals surface area contributed by atoms with Crippen LogP contribution < -0.4 is 5.32 Å². The Labute approximate surface area is 124 Å². The van der Waals surface area contributed by atoms with Gasteiger partial charge in [0.05, 0.1) is 29.2 Å². The molecule has 6 heteroatoms. The van der Waals surface area contributed by atoms with Crippen LogP contribution in [0.4, 0.5) is 0 Å². The van der Waals surface area contributed by atoms with E-state index in [1.54, 1.807) is 4.68 Å². The van der Waals surface area contributed by atoms with Gasteiger partial charge in [-0.05, 0) is 38.7 Å². The molecule has 1 aliphatic rings. The Morgan fingerprint density at radius 2 is 1.95 bits per heavy atom. The molecule has 0 radical (unpaired) electrons. The number of aryl methyl sites for hydroxylation is 4. The first-order chi connectivity index (χ1) is 9.99. The van der Waals surface area contributed by atoms with Crippen molar-refractivity contribution < 1.29 is 4.79 Å². The largest absolute Gasteiger partial charge is 0.346 e. The van der Waals surface area contributed by atoms with Crippen molar-refractivity contribution in [2.75, 3.05) is 0 Å². The van der Waals surface area contributed by atoms with Gasteiger partial charge < -0.3 is 5.32 Å². The summed E-state index contributed by atoms with van der Waals surface area (Å²) in [5.74, 6) is -0.0638. The third-order valence-electron chi connectivity index (χ3n) is 4.35. The third kappa shape index (κ3) is 2.24. The van der Waals surface area contributed by atoms with Crippen LogP contribution in [0.15, 0.2) is 0 Å². The van der Waals surface area contributed by atoms with Crippen molar-refractivity contribution in [2.45, 2.75) is 39.7 Å². The number of nitrogens with one attached hydrogen (secondary N) is 1. The minimum absolute atomic E-state index is 0.0638. The average molecular weight is 287 g/mol. The van der Waals surface area contributed by atoms with Gasteiger partial charge in [-0.3, -0.25) is 14.2 Å². The lowest BCUT2D eigenvalue weighted by Crippen LogP contribution is -2.25. The molecule has 21 heavy (non-hydrogen) atoms. The standard InChI is InChI=1S/C15H21N5O/c1-9-14(10(2)19(3)17-9)15(21)16-8-13-11-6-5-7-12(11)18-20(13)4/h5-8H2,1-4H3,(H,16,21). The van der Waals surface area contributed by atoms with Gasteiger partial charge in [0.1, 0.15) is 0 Å². The minimum Gasteiger partial charge on any atom is -0.346 e. The molecule has 1 amide bonds. The highest BCUT2D eigenvalue weighted by Gasteiger charge is 2.22. The average Bonchev–Trinajstić information content (AvgIpc) is 3.03. The molecule has 0 fully saturated rings. The van der Waals surface area contributed by atoms with Gasteiger partial charge in [-0.2, -0.15) is 10.2 Å². The maximum atomic E-state index is 12.4. The summed E-state index contributed by atoms with van der Waals surface area (Å²) in [4.78, 5) is 12.4. The Kier molecular flexibility index (Phi) is 3.31. The van der Waals surface area contributed by atoms with Crippen LogP contribution in [0.3, 0.4) is 0 Å². The van der Waals surface area contributed by atoms with Crippen molar-refractivity contribution in [3.63, 3.8) is 0 Å². The molecular weight excluding hydrogens is 266 g/mol. The van der Waals surface area contributed by atoms with E-state index in [4.69, 9.17) is 0 Å². The fraction of sp³-hybridized carbons (Fsp3) is 0.533. The second-order valence-electron chi connectivity index (χ2n) is 5.70. The van der Waals surface area contributed by atoms with Crippen molar-refractivity contribution in [3.05, 3.63) is 33.9 Å². The predicted molar refractivity (Wildman–Crippen MR) is 79.1 cm³/mol. The van der Waals surface area contributed by atoms with Crippen LogP contribution >= 0.6 is 0 Å². The fourth-order valence-corrected chi connectivity index (χ4v) is 3.16. The van der Waals surface area contributed by atoms with Gasteiger partial charge in [0.15, 0.2) is 0 Å². The number of amides is 1. The number of carbonyl (C=O) groups is 1. The first-order valence-electron chi connectivity index (χ1n) is 7.31. The van der Waals surface area contributed by atoms with E-state index in [2.05, 4.69) is 15.5 Å². The Bertz CT molecular complexity index is 710. The lowest BCUT2D eigenvalue weighted by Gasteiger charge is -2.08. The molecule has 0 aromatic carbocycles. The van der Waals surface area contributed by atoms with E-state index in [1.807, 2.05) is 32.6 Å². The highest BCUT2D eigenvalue weighted by atomic mass is 16.1. The molecule has 112 valence electrons. The maximum absolute atomic E-state index is 12.4. The molecule has 0 unspecified atom stereocenters. The van der Waals surface area contributed by atoms with Crippen molar-refractivity contribution in [1.29, 1.82) is 0 Å². The molecule has 0 saturated carbocycles. The molecule has 2 aromatic heterocycles. The number of aromatic nitrogens is 4. The van der Waals surface area contributed by atoms with Gasteiger partial charge in [-0.1, -0.05) is 0 Å². The summed E-state index contributed by atoms with van der Waals surface area (Å²) < 4.78 is 3.64. The topological polar surface area (TPSA) is 64.7 Å². The highest BCUT2D eigenvalue weighted by Crippen LogP contribution is 2.24. The van der Waals surface area contributed by atoms with Crippen molar-refractivity contribution in [1.82, 2.24) is 24.9 Å². The summed E-state index contributed by atoms with van der Waals surface area (Å²) in [5.41, 5.74) is 5.96. The van der Waals surface area contributed by atoms with Crippen LogP contribution in [0.25, 0.3) is 0 Å². The van der Waals surface area contributed by atoms with Crippen LogP contribution in [-0.2, 0) is 33.5 Å². The molecule has 0 saturated heterocycles. The summed E-state index contributed by atoms with van der Waals surface area (Å²) in [7, 11) is 3.80. The lowest BCUT2D eigenvalue weighted by atomic mass is 10.1. The molecule has 3 rings (SSSR count). The zero-order valence-electron chi connectivity index (χ0n) is 13.0. The van der Waals surface area contributed by atoms with Crippen LogP contribution in [0.1, 0.15) is 45.1 Å². The number of fused-ring (bicyclic) bond motifs is 1. The zero-order valence-corrected chi connectivity index (χ0v) is 13.0. The second kappa shape index (κ2) is 5.02. The van der Waals surface area contributed by atoms with E-state index in [9.17, 15) is 4.79 Å². The molecule has 0 atom stereocenters. The zero-order chi connectivity index (χ0) is 15.1. The Hall–Kier alpha value is -2.11. The van der Waals surface area contributed by atoms with Gasteiger partial charge >= 0.3 is 0 Å². The molecule has 1 aliphatic carbocycles.